The van der Waals surface area contributed by atoms with Gasteiger partial charge in [-0.1, -0.05) is 19.9 Å². The fourth-order valence-corrected chi connectivity index (χ4v) is 2.72. The van der Waals surface area contributed by atoms with Crippen molar-refractivity contribution in [3.8, 4) is 0 Å². The minimum atomic E-state index is -0.445. The van der Waals surface area contributed by atoms with Gasteiger partial charge in [0.05, 0.1) is 5.52 Å². The summed E-state index contributed by atoms with van der Waals surface area (Å²) in [5.74, 6) is -0.393. The Labute approximate surface area is 162 Å². The molecule has 0 spiro atoms. The van der Waals surface area contributed by atoms with Crippen LogP contribution in [0.5, 0.6) is 0 Å². The lowest BCUT2D eigenvalue weighted by Gasteiger charge is -2.05. The highest BCUT2D eigenvalue weighted by molar-refractivity contribution is 6.06. The standard InChI is InChI=1S/C21H22N4O3/c1-13(2)12-22-20(27)18-17-6-4-5-11-25(17)19(24-18)21(28)23-16-9-7-15(8-10-16)14(3)26/h4-11,13H,12H2,1-3H3,(H,22,27)(H,23,28). The second-order valence-corrected chi connectivity index (χ2v) is 6.93. The molecule has 0 radical (unpaired) electrons. The van der Waals surface area contributed by atoms with Crippen LogP contribution in [-0.4, -0.2) is 33.5 Å². The van der Waals surface area contributed by atoms with Gasteiger partial charge in [-0.25, -0.2) is 4.98 Å². The van der Waals surface area contributed by atoms with Crippen molar-refractivity contribution in [3.05, 3.63) is 65.7 Å². The SMILES string of the molecule is CC(=O)c1ccc(NC(=O)c2nc(C(=O)NCC(C)C)c3ccccn23)cc1. The molecule has 2 heterocycles. The average molecular weight is 378 g/mol. The van der Waals surface area contributed by atoms with E-state index in [1.54, 1.807) is 53.1 Å². The second kappa shape index (κ2) is 8.04. The van der Waals surface area contributed by atoms with Gasteiger partial charge in [0, 0.05) is 24.0 Å². The van der Waals surface area contributed by atoms with Crippen LogP contribution in [0.3, 0.4) is 0 Å². The number of ketones is 1. The fourth-order valence-electron chi connectivity index (χ4n) is 2.72. The smallest absolute Gasteiger partial charge is 0.292 e. The highest BCUT2D eigenvalue weighted by atomic mass is 16.2. The Kier molecular flexibility index (Phi) is 5.54. The molecule has 144 valence electrons. The molecule has 2 N–H and O–H groups in total. The molecule has 7 heteroatoms. The van der Waals surface area contributed by atoms with Crippen molar-refractivity contribution in [2.75, 3.05) is 11.9 Å². The number of benzene rings is 1. The van der Waals surface area contributed by atoms with Gasteiger partial charge in [0.2, 0.25) is 5.82 Å². The quantitative estimate of drug-likeness (QED) is 0.645. The molecule has 0 saturated carbocycles. The lowest BCUT2D eigenvalue weighted by molar-refractivity contribution is 0.0945. The van der Waals surface area contributed by atoms with Crippen molar-refractivity contribution >= 4 is 28.8 Å². The maximum atomic E-state index is 12.8. The van der Waals surface area contributed by atoms with Crippen LogP contribution < -0.4 is 10.6 Å². The minimum absolute atomic E-state index is 0.0471. The number of imidazole rings is 1. The van der Waals surface area contributed by atoms with E-state index in [-0.39, 0.29) is 23.2 Å². The van der Waals surface area contributed by atoms with Gasteiger partial charge in [-0.05, 0) is 49.2 Å². The van der Waals surface area contributed by atoms with E-state index in [1.165, 1.54) is 6.92 Å². The first-order chi connectivity index (χ1) is 13.4. The van der Waals surface area contributed by atoms with Crippen LogP contribution in [0.25, 0.3) is 5.52 Å². The summed E-state index contributed by atoms with van der Waals surface area (Å²) in [6.07, 6.45) is 1.69. The first kappa shape index (κ1) is 19.3. The van der Waals surface area contributed by atoms with Crippen molar-refractivity contribution in [2.24, 2.45) is 5.92 Å². The van der Waals surface area contributed by atoms with Gasteiger partial charge in [-0.3, -0.25) is 18.8 Å². The lowest BCUT2D eigenvalue weighted by atomic mass is 10.1. The molecule has 0 saturated heterocycles. The molecule has 0 aliphatic heterocycles. The van der Waals surface area contributed by atoms with Crippen LogP contribution in [-0.2, 0) is 0 Å². The number of carbonyl (C=O) groups excluding carboxylic acids is 3. The van der Waals surface area contributed by atoms with E-state index in [4.69, 9.17) is 0 Å². The van der Waals surface area contributed by atoms with Crippen LogP contribution in [0.4, 0.5) is 5.69 Å². The number of nitrogens with zero attached hydrogens (tertiary/aromatic N) is 2. The van der Waals surface area contributed by atoms with Gasteiger partial charge < -0.3 is 10.6 Å². The first-order valence-electron chi connectivity index (χ1n) is 9.04. The molecule has 3 aromatic rings. The van der Waals surface area contributed by atoms with E-state index in [2.05, 4.69) is 15.6 Å². The molecule has 0 aliphatic carbocycles. The summed E-state index contributed by atoms with van der Waals surface area (Å²) in [6, 6.07) is 11.9. The molecular weight excluding hydrogens is 356 g/mol. The van der Waals surface area contributed by atoms with Crippen LogP contribution in [0.15, 0.2) is 48.7 Å². The Hall–Kier alpha value is -3.48. The van der Waals surface area contributed by atoms with Gasteiger partial charge in [-0.2, -0.15) is 0 Å². The number of nitrogens with one attached hydrogen (secondary N) is 2. The van der Waals surface area contributed by atoms with Crippen LogP contribution >= 0.6 is 0 Å². The zero-order chi connectivity index (χ0) is 20.3. The highest BCUT2D eigenvalue weighted by Gasteiger charge is 2.21. The van der Waals surface area contributed by atoms with E-state index in [0.717, 1.165) is 0 Å². The third-order valence-corrected chi connectivity index (χ3v) is 4.19. The Morgan fingerprint density at radius 1 is 1.04 bits per heavy atom. The number of rotatable bonds is 6. The minimum Gasteiger partial charge on any atom is -0.350 e. The molecule has 0 aliphatic rings. The third-order valence-electron chi connectivity index (χ3n) is 4.19. The number of carbonyl (C=O) groups is 3. The van der Waals surface area contributed by atoms with Crippen LogP contribution in [0.1, 0.15) is 52.2 Å². The highest BCUT2D eigenvalue weighted by Crippen LogP contribution is 2.16. The Morgan fingerprint density at radius 2 is 1.75 bits per heavy atom. The van der Waals surface area contributed by atoms with Gasteiger partial charge in [0.15, 0.2) is 11.5 Å². The predicted molar refractivity (Wildman–Crippen MR) is 107 cm³/mol. The zero-order valence-corrected chi connectivity index (χ0v) is 16.0. The molecule has 1 aromatic carbocycles. The summed E-state index contributed by atoms with van der Waals surface area (Å²) in [7, 11) is 0. The summed E-state index contributed by atoms with van der Waals surface area (Å²) < 4.78 is 1.59. The fraction of sp³-hybridized carbons (Fsp3) is 0.238. The van der Waals surface area contributed by atoms with E-state index >= 15 is 0 Å². The van der Waals surface area contributed by atoms with Crippen LogP contribution in [0.2, 0.25) is 0 Å². The normalized spacial score (nSPS) is 10.9. The number of fused-ring (bicyclic) bond motifs is 1. The number of aromatic nitrogens is 2. The van der Waals surface area contributed by atoms with Gasteiger partial charge in [-0.15, -0.1) is 0 Å². The predicted octanol–water partition coefficient (Wildman–Crippen LogP) is 3.18. The van der Waals surface area contributed by atoms with E-state index in [0.29, 0.717) is 29.2 Å². The number of amides is 2. The van der Waals surface area contributed by atoms with E-state index < -0.39 is 5.91 Å². The largest absolute Gasteiger partial charge is 0.350 e. The Bertz CT molecular complexity index is 1040. The van der Waals surface area contributed by atoms with Gasteiger partial charge in [0.25, 0.3) is 11.8 Å². The van der Waals surface area contributed by atoms with Crippen LogP contribution in [0, 0.1) is 5.92 Å². The Morgan fingerprint density at radius 3 is 2.39 bits per heavy atom. The van der Waals surface area contributed by atoms with Crippen molar-refractivity contribution in [1.29, 1.82) is 0 Å². The molecule has 2 aromatic heterocycles. The average Bonchev–Trinajstić information content (AvgIpc) is 3.06. The topological polar surface area (TPSA) is 92.6 Å². The summed E-state index contributed by atoms with van der Waals surface area (Å²) in [4.78, 5) is 40.9. The Balaban J connectivity index is 1.88. The maximum Gasteiger partial charge on any atom is 0.292 e. The van der Waals surface area contributed by atoms with Gasteiger partial charge >= 0.3 is 0 Å². The van der Waals surface area contributed by atoms with Crippen molar-refractivity contribution in [2.45, 2.75) is 20.8 Å². The molecule has 7 nitrogen and oxygen atoms in total. The van der Waals surface area contributed by atoms with Crippen molar-refractivity contribution in [1.82, 2.24) is 14.7 Å². The maximum absolute atomic E-state index is 12.8. The molecule has 28 heavy (non-hydrogen) atoms. The molecule has 0 atom stereocenters. The second-order valence-electron chi connectivity index (χ2n) is 6.93. The monoisotopic (exact) mass is 378 g/mol. The van der Waals surface area contributed by atoms with Crippen molar-refractivity contribution in [3.63, 3.8) is 0 Å². The molecular formula is C21H22N4O3. The number of anilines is 1. The third kappa shape index (κ3) is 4.09. The van der Waals surface area contributed by atoms with E-state index in [9.17, 15) is 14.4 Å². The molecule has 2 amide bonds. The molecule has 3 rings (SSSR count). The first-order valence-corrected chi connectivity index (χ1v) is 9.04. The summed E-state index contributed by atoms with van der Waals surface area (Å²) in [6.45, 7) is 6.01. The van der Waals surface area contributed by atoms with Gasteiger partial charge in [0.1, 0.15) is 0 Å². The summed E-state index contributed by atoms with van der Waals surface area (Å²) in [5.41, 5.74) is 1.86. The van der Waals surface area contributed by atoms with Crippen molar-refractivity contribution < 1.29 is 14.4 Å². The zero-order valence-electron chi connectivity index (χ0n) is 16.0. The molecule has 0 bridgehead atoms. The lowest BCUT2D eigenvalue weighted by Crippen LogP contribution is -2.27. The summed E-state index contributed by atoms with van der Waals surface area (Å²) >= 11 is 0. The molecule has 0 fully saturated rings. The molecule has 0 unspecified atom stereocenters. The summed E-state index contributed by atoms with van der Waals surface area (Å²) in [5, 5.41) is 5.58. The number of pyridine rings is 1. The number of Topliss-reactive ketones (excluding diaryl/α,β-unsaturated/α-hetero) is 1. The number of hydrogen-bond acceptors (Lipinski definition) is 4. The van der Waals surface area contributed by atoms with E-state index in [1.807, 2.05) is 13.8 Å². The number of hydrogen-bond donors (Lipinski definition) is 2.